The number of benzene rings is 1. The first kappa shape index (κ1) is 14.0. The fourth-order valence-electron chi connectivity index (χ4n) is 2.78. The normalized spacial score (nSPS) is 23.0. The quantitative estimate of drug-likeness (QED) is 0.814. The largest absolute Gasteiger partial charge is 0.374 e. The van der Waals surface area contributed by atoms with Crippen LogP contribution in [0.25, 0.3) is 0 Å². The average Bonchev–Trinajstić information content (AvgIpc) is 2.44. The number of ether oxygens (including phenoxy) is 1. The number of rotatable bonds is 4. The predicted octanol–water partition coefficient (Wildman–Crippen LogP) is 4.18. The second kappa shape index (κ2) is 6.68. The fourth-order valence-corrected chi connectivity index (χ4v) is 2.78. The Morgan fingerprint density at radius 2 is 2.21 bits per heavy atom. The minimum absolute atomic E-state index is 0.285. The van der Waals surface area contributed by atoms with E-state index >= 15 is 0 Å². The standard InChI is InChI=1S/C16H20FNO/c1-2-12-4-3-5-16(9-12)19-11-14-6-13(10-18)7-15(17)8-14/h6-8,12,16H,2-5,9,11H2,1H3. The van der Waals surface area contributed by atoms with Crippen LogP contribution in [0.5, 0.6) is 0 Å². The summed E-state index contributed by atoms with van der Waals surface area (Å²) in [7, 11) is 0. The summed E-state index contributed by atoms with van der Waals surface area (Å²) in [6.45, 7) is 2.62. The molecule has 0 amide bonds. The van der Waals surface area contributed by atoms with Gasteiger partial charge in [0.05, 0.1) is 24.3 Å². The van der Waals surface area contributed by atoms with E-state index in [0.29, 0.717) is 12.2 Å². The van der Waals surface area contributed by atoms with Gasteiger partial charge in [-0.2, -0.15) is 5.26 Å². The molecule has 0 bridgehead atoms. The molecule has 2 atom stereocenters. The molecule has 0 aromatic heterocycles. The van der Waals surface area contributed by atoms with Crippen LogP contribution in [-0.2, 0) is 11.3 Å². The molecule has 1 aliphatic carbocycles. The van der Waals surface area contributed by atoms with Crippen molar-refractivity contribution in [2.45, 2.75) is 51.7 Å². The number of nitrogens with zero attached hydrogens (tertiary/aromatic N) is 1. The molecule has 0 aliphatic heterocycles. The van der Waals surface area contributed by atoms with E-state index in [1.54, 1.807) is 6.07 Å². The van der Waals surface area contributed by atoms with E-state index in [-0.39, 0.29) is 11.9 Å². The second-order valence-corrected chi connectivity index (χ2v) is 5.33. The van der Waals surface area contributed by atoms with Crippen molar-refractivity contribution in [3.63, 3.8) is 0 Å². The number of hydrogen-bond donors (Lipinski definition) is 0. The highest BCUT2D eigenvalue weighted by atomic mass is 19.1. The lowest BCUT2D eigenvalue weighted by Gasteiger charge is -2.28. The highest BCUT2D eigenvalue weighted by Gasteiger charge is 2.21. The number of hydrogen-bond acceptors (Lipinski definition) is 2. The fraction of sp³-hybridized carbons (Fsp3) is 0.562. The maximum absolute atomic E-state index is 13.3. The third kappa shape index (κ3) is 4.04. The van der Waals surface area contributed by atoms with Crippen molar-refractivity contribution in [2.24, 2.45) is 5.92 Å². The minimum atomic E-state index is -0.368. The molecule has 2 unspecified atom stereocenters. The van der Waals surface area contributed by atoms with Gasteiger partial charge >= 0.3 is 0 Å². The number of nitriles is 1. The molecule has 102 valence electrons. The zero-order chi connectivity index (χ0) is 13.7. The molecular formula is C16H20FNO. The Bertz CT molecular complexity index is 466. The van der Waals surface area contributed by atoms with Gasteiger partial charge in [-0.05, 0) is 42.5 Å². The van der Waals surface area contributed by atoms with Crippen molar-refractivity contribution in [2.75, 3.05) is 0 Å². The van der Waals surface area contributed by atoms with Crippen LogP contribution in [0.4, 0.5) is 4.39 Å². The summed E-state index contributed by atoms with van der Waals surface area (Å²) in [6, 6.07) is 6.36. The van der Waals surface area contributed by atoms with Gasteiger partial charge in [0.15, 0.2) is 0 Å². The summed E-state index contributed by atoms with van der Waals surface area (Å²) >= 11 is 0. The van der Waals surface area contributed by atoms with Crippen molar-refractivity contribution in [1.82, 2.24) is 0 Å². The zero-order valence-corrected chi connectivity index (χ0v) is 11.4. The Morgan fingerprint density at radius 3 is 2.95 bits per heavy atom. The van der Waals surface area contributed by atoms with Gasteiger partial charge in [0.25, 0.3) is 0 Å². The molecule has 19 heavy (non-hydrogen) atoms. The van der Waals surface area contributed by atoms with Gasteiger partial charge < -0.3 is 4.74 Å². The summed E-state index contributed by atoms with van der Waals surface area (Å²) in [4.78, 5) is 0. The average molecular weight is 261 g/mol. The van der Waals surface area contributed by atoms with Gasteiger partial charge in [-0.15, -0.1) is 0 Å². The Hall–Kier alpha value is -1.40. The molecule has 2 rings (SSSR count). The van der Waals surface area contributed by atoms with Crippen molar-refractivity contribution in [3.8, 4) is 6.07 Å². The Kier molecular flexibility index (Phi) is 4.93. The van der Waals surface area contributed by atoms with Crippen LogP contribution in [0.2, 0.25) is 0 Å². The lowest BCUT2D eigenvalue weighted by atomic mass is 9.85. The van der Waals surface area contributed by atoms with Crippen molar-refractivity contribution >= 4 is 0 Å². The first-order valence-corrected chi connectivity index (χ1v) is 7.02. The van der Waals surface area contributed by atoms with Crippen molar-refractivity contribution < 1.29 is 9.13 Å². The van der Waals surface area contributed by atoms with Crippen LogP contribution < -0.4 is 0 Å². The van der Waals surface area contributed by atoms with E-state index in [0.717, 1.165) is 24.3 Å². The molecule has 0 radical (unpaired) electrons. The molecule has 1 fully saturated rings. The molecule has 0 saturated heterocycles. The molecular weight excluding hydrogens is 241 g/mol. The van der Waals surface area contributed by atoms with Crippen LogP contribution >= 0.6 is 0 Å². The van der Waals surface area contributed by atoms with Crippen LogP contribution in [-0.4, -0.2) is 6.10 Å². The van der Waals surface area contributed by atoms with Crippen LogP contribution in [0, 0.1) is 23.1 Å². The first-order valence-electron chi connectivity index (χ1n) is 7.02. The minimum Gasteiger partial charge on any atom is -0.374 e. The molecule has 1 aromatic carbocycles. The summed E-state index contributed by atoms with van der Waals surface area (Å²) < 4.78 is 19.2. The Labute approximate surface area is 114 Å². The maximum atomic E-state index is 13.3. The van der Waals surface area contributed by atoms with Crippen molar-refractivity contribution in [1.29, 1.82) is 5.26 Å². The lowest BCUT2D eigenvalue weighted by molar-refractivity contribution is 0.00167. The van der Waals surface area contributed by atoms with E-state index in [2.05, 4.69) is 6.92 Å². The molecule has 1 aliphatic rings. The van der Waals surface area contributed by atoms with Crippen LogP contribution in [0.1, 0.15) is 50.2 Å². The molecule has 1 aromatic rings. The Balaban J connectivity index is 1.91. The number of halogens is 1. The third-order valence-electron chi connectivity index (χ3n) is 3.88. The molecule has 0 heterocycles. The van der Waals surface area contributed by atoms with Gasteiger partial charge in [0.2, 0.25) is 0 Å². The zero-order valence-electron chi connectivity index (χ0n) is 11.4. The van der Waals surface area contributed by atoms with E-state index in [4.69, 9.17) is 10.00 Å². The molecule has 1 saturated carbocycles. The second-order valence-electron chi connectivity index (χ2n) is 5.33. The third-order valence-corrected chi connectivity index (χ3v) is 3.88. The van der Waals surface area contributed by atoms with Crippen LogP contribution in [0.15, 0.2) is 18.2 Å². The lowest BCUT2D eigenvalue weighted by Crippen LogP contribution is -2.22. The van der Waals surface area contributed by atoms with E-state index < -0.39 is 0 Å². The smallest absolute Gasteiger partial charge is 0.124 e. The van der Waals surface area contributed by atoms with E-state index in [1.807, 2.05) is 6.07 Å². The van der Waals surface area contributed by atoms with Crippen molar-refractivity contribution in [3.05, 3.63) is 35.1 Å². The Morgan fingerprint density at radius 1 is 1.37 bits per heavy atom. The van der Waals surface area contributed by atoms with Gasteiger partial charge in [0, 0.05) is 0 Å². The summed E-state index contributed by atoms with van der Waals surface area (Å²) in [6.07, 6.45) is 6.21. The monoisotopic (exact) mass is 261 g/mol. The summed E-state index contributed by atoms with van der Waals surface area (Å²) in [5.74, 6) is 0.397. The maximum Gasteiger partial charge on any atom is 0.124 e. The molecule has 3 heteroatoms. The molecule has 0 N–H and O–H groups in total. The summed E-state index contributed by atoms with van der Waals surface area (Å²) in [5.41, 5.74) is 1.10. The highest BCUT2D eigenvalue weighted by Crippen LogP contribution is 2.29. The molecule has 2 nitrogen and oxygen atoms in total. The topological polar surface area (TPSA) is 33.0 Å². The van der Waals surface area contributed by atoms with Gasteiger partial charge in [-0.3, -0.25) is 0 Å². The SMILES string of the molecule is CCC1CCCC(OCc2cc(F)cc(C#N)c2)C1. The van der Waals surface area contributed by atoms with Crippen LogP contribution in [0.3, 0.4) is 0 Å². The van der Waals surface area contributed by atoms with Gasteiger partial charge in [-0.1, -0.05) is 26.2 Å². The summed E-state index contributed by atoms with van der Waals surface area (Å²) in [5, 5.41) is 8.81. The van der Waals surface area contributed by atoms with Gasteiger partial charge in [-0.25, -0.2) is 4.39 Å². The van der Waals surface area contributed by atoms with E-state index in [1.165, 1.54) is 31.4 Å². The first-order chi connectivity index (χ1) is 9.21. The van der Waals surface area contributed by atoms with Gasteiger partial charge in [0.1, 0.15) is 5.82 Å². The highest BCUT2D eigenvalue weighted by molar-refractivity contribution is 5.33. The predicted molar refractivity (Wildman–Crippen MR) is 71.9 cm³/mol. The molecule has 0 spiro atoms. The van der Waals surface area contributed by atoms with E-state index in [9.17, 15) is 4.39 Å².